The van der Waals surface area contributed by atoms with Crippen molar-refractivity contribution in [3.05, 3.63) is 42.5 Å². The molecule has 4 rings (SSSR count). The predicted molar refractivity (Wildman–Crippen MR) is 124 cm³/mol. The van der Waals surface area contributed by atoms with Gasteiger partial charge in [0.2, 0.25) is 5.91 Å². The largest absolute Gasteiger partial charge is 0.306 e. The minimum absolute atomic E-state index is 0.0501. The van der Waals surface area contributed by atoms with E-state index in [0.717, 1.165) is 24.2 Å². The Labute approximate surface area is 188 Å². The lowest BCUT2D eigenvalue weighted by molar-refractivity contribution is -0.123. The highest BCUT2D eigenvalue weighted by Crippen LogP contribution is 2.39. The van der Waals surface area contributed by atoms with Crippen LogP contribution in [0.2, 0.25) is 0 Å². The molecule has 1 unspecified atom stereocenters. The first kappa shape index (κ1) is 22.4. The molecular formula is C23H28N4O4S. The molecule has 32 heavy (non-hydrogen) atoms. The van der Waals surface area contributed by atoms with Crippen LogP contribution in [0.25, 0.3) is 11.1 Å². The molecule has 170 valence electrons. The van der Waals surface area contributed by atoms with Crippen molar-refractivity contribution in [1.82, 2.24) is 10.2 Å². The van der Waals surface area contributed by atoms with E-state index in [1.54, 1.807) is 34.1 Å². The van der Waals surface area contributed by atoms with Gasteiger partial charge in [0.1, 0.15) is 6.17 Å². The van der Waals surface area contributed by atoms with Crippen LogP contribution in [0.15, 0.2) is 47.4 Å². The smallest absolute Gasteiger partial charge is 0.259 e. The number of benzene rings is 2. The molecule has 1 N–H and O–H groups in total. The third-order valence-corrected chi connectivity index (χ3v) is 7.24. The maximum Gasteiger partial charge on any atom is 0.259 e. The van der Waals surface area contributed by atoms with Crippen molar-refractivity contribution in [2.75, 3.05) is 42.7 Å². The second-order valence-corrected chi connectivity index (χ2v) is 10.5. The number of anilines is 2. The molecule has 1 saturated heterocycles. The Bertz CT molecular complexity index is 1160. The molecule has 0 aliphatic carbocycles. The molecule has 0 spiro atoms. The quantitative estimate of drug-likeness (QED) is 0.756. The van der Waals surface area contributed by atoms with Gasteiger partial charge in [0, 0.05) is 32.8 Å². The number of sulfone groups is 1. The van der Waals surface area contributed by atoms with Gasteiger partial charge in [-0.3, -0.25) is 19.8 Å². The van der Waals surface area contributed by atoms with Crippen LogP contribution in [0.5, 0.6) is 0 Å². The summed E-state index contributed by atoms with van der Waals surface area (Å²) in [7, 11) is -1.37. The van der Waals surface area contributed by atoms with Crippen LogP contribution in [0.1, 0.15) is 13.8 Å². The summed E-state index contributed by atoms with van der Waals surface area (Å²) in [6.45, 7) is 5.40. The Balaban J connectivity index is 1.78. The summed E-state index contributed by atoms with van der Waals surface area (Å²) < 4.78 is 23.6. The van der Waals surface area contributed by atoms with Crippen molar-refractivity contribution in [1.29, 1.82) is 0 Å². The van der Waals surface area contributed by atoms with Gasteiger partial charge in [-0.1, -0.05) is 18.2 Å². The van der Waals surface area contributed by atoms with Crippen molar-refractivity contribution < 1.29 is 18.0 Å². The summed E-state index contributed by atoms with van der Waals surface area (Å²) >= 11 is 0. The van der Waals surface area contributed by atoms with E-state index in [1.807, 2.05) is 37.1 Å². The molecule has 1 fully saturated rings. The van der Waals surface area contributed by atoms with Gasteiger partial charge >= 0.3 is 0 Å². The topological polar surface area (TPSA) is 90.0 Å². The Morgan fingerprint density at radius 3 is 2.25 bits per heavy atom. The number of nitrogens with one attached hydrogen (secondary N) is 1. The average Bonchev–Trinajstić information content (AvgIpc) is 3.17. The fourth-order valence-corrected chi connectivity index (χ4v) is 5.10. The van der Waals surface area contributed by atoms with Gasteiger partial charge in [-0.2, -0.15) is 0 Å². The summed E-state index contributed by atoms with van der Waals surface area (Å²) in [5.41, 5.74) is 3.04. The van der Waals surface area contributed by atoms with E-state index in [1.165, 1.54) is 13.2 Å². The Hall–Kier alpha value is -2.75. The summed E-state index contributed by atoms with van der Waals surface area (Å²) in [6.07, 6.45) is 0.771. The molecule has 2 aromatic rings. The number of likely N-dealkylation sites (N-methyl/N-ethyl adjacent to an activating group) is 1. The Morgan fingerprint density at radius 1 is 1.03 bits per heavy atom. The van der Waals surface area contributed by atoms with E-state index in [4.69, 9.17) is 0 Å². The van der Waals surface area contributed by atoms with Crippen LogP contribution in [0.4, 0.5) is 11.4 Å². The van der Waals surface area contributed by atoms with Crippen LogP contribution >= 0.6 is 0 Å². The second-order valence-electron chi connectivity index (χ2n) is 8.52. The molecule has 2 aliphatic heterocycles. The third-order valence-electron chi connectivity index (χ3n) is 6.11. The number of amides is 2. The van der Waals surface area contributed by atoms with Gasteiger partial charge in [-0.25, -0.2) is 8.42 Å². The van der Waals surface area contributed by atoms with Gasteiger partial charge < -0.3 is 9.80 Å². The maximum atomic E-state index is 13.5. The molecule has 0 radical (unpaired) electrons. The first-order valence-corrected chi connectivity index (χ1v) is 12.5. The molecule has 9 heteroatoms. The van der Waals surface area contributed by atoms with Crippen LogP contribution in [-0.4, -0.2) is 70.3 Å². The molecule has 2 aliphatic rings. The lowest BCUT2D eigenvalue weighted by Crippen LogP contribution is -2.56. The van der Waals surface area contributed by atoms with Crippen molar-refractivity contribution in [3.8, 4) is 11.1 Å². The number of rotatable bonds is 3. The number of hydrogen-bond acceptors (Lipinski definition) is 6. The monoisotopic (exact) mass is 456 g/mol. The summed E-state index contributed by atoms with van der Waals surface area (Å²) in [4.78, 5) is 31.6. The van der Waals surface area contributed by atoms with Gasteiger partial charge in [-0.15, -0.1) is 0 Å². The second kappa shape index (κ2) is 8.31. The predicted octanol–water partition coefficient (Wildman–Crippen LogP) is 1.71. The zero-order valence-electron chi connectivity index (χ0n) is 18.7. The lowest BCUT2D eigenvalue weighted by atomic mass is 10.0. The van der Waals surface area contributed by atoms with Gasteiger partial charge in [0.15, 0.2) is 9.84 Å². The molecule has 2 amide bonds. The number of hydrogen-bond donors (Lipinski definition) is 1. The van der Waals surface area contributed by atoms with Crippen molar-refractivity contribution in [2.45, 2.75) is 31.0 Å². The number of nitrogens with zero attached hydrogens (tertiary/aromatic N) is 3. The van der Waals surface area contributed by atoms with Crippen LogP contribution < -0.4 is 15.1 Å². The van der Waals surface area contributed by atoms with E-state index in [2.05, 4.69) is 5.32 Å². The zero-order valence-corrected chi connectivity index (χ0v) is 19.5. The first-order valence-electron chi connectivity index (χ1n) is 10.6. The fourth-order valence-electron chi connectivity index (χ4n) is 4.47. The Morgan fingerprint density at radius 2 is 1.69 bits per heavy atom. The van der Waals surface area contributed by atoms with E-state index >= 15 is 0 Å². The molecule has 0 aromatic heterocycles. The fraction of sp³-hybridized carbons (Fsp3) is 0.391. The molecule has 2 atom stereocenters. The summed E-state index contributed by atoms with van der Waals surface area (Å²) in [5.74, 6) is -0.127. The third kappa shape index (κ3) is 4.03. The van der Waals surface area contributed by atoms with E-state index < -0.39 is 16.0 Å². The number of carbonyl (C=O) groups excluding carboxylic acids is 2. The highest BCUT2D eigenvalue weighted by Gasteiger charge is 2.38. The summed E-state index contributed by atoms with van der Waals surface area (Å²) in [5, 5.41) is 3.25. The highest BCUT2D eigenvalue weighted by molar-refractivity contribution is 7.90. The molecular weight excluding hydrogens is 428 g/mol. The lowest BCUT2D eigenvalue weighted by Gasteiger charge is -2.42. The number of carbonyl (C=O) groups is 2. The maximum absolute atomic E-state index is 13.5. The average molecular weight is 457 g/mol. The van der Waals surface area contributed by atoms with Crippen molar-refractivity contribution >= 4 is 33.0 Å². The first-order chi connectivity index (χ1) is 15.1. The summed E-state index contributed by atoms with van der Waals surface area (Å²) in [6, 6.07) is 12.2. The SMILES string of the molecule is CC(=O)N1c2ccc(-c3ccc(S(C)(=O)=O)cc3)cc2N(C(=O)C2NCCN2C)C[C@@H]1C. The van der Waals surface area contributed by atoms with Gasteiger partial charge in [-0.05, 0) is 49.4 Å². The van der Waals surface area contributed by atoms with Crippen molar-refractivity contribution in [3.63, 3.8) is 0 Å². The van der Waals surface area contributed by atoms with Crippen LogP contribution in [0.3, 0.4) is 0 Å². The minimum atomic E-state index is -3.28. The molecule has 8 nitrogen and oxygen atoms in total. The standard InChI is InChI=1S/C23H28N4O4S/c1-15-14-26(23(29)22-24-11-12-25(22)3)21-13-18(7-10-20(21)27(15)16(2)28)17-5-8-19(9-6-17)32(4,30)31/h5-10,13,15,22,24H,11-12,14H2,1-4H3/t15-,22?/m0/s1. The van der Waals surface area contributed by atoms with Crippen LogP contribution in [0, 0.1) is 0 Å². The Kier molecular flexibility index (Phi) is 5.83. The minimum Gasteiger partial charge on any atom is -0.306 e. The molecule has 2 heterocycles. The molecule has 0 saturated carbocycles. The number of fused-ring (bicyclic) bond motifs is 1. The molecule has 2 aromatic carbocycles. The zero-order chi connectivity index (χ0) is 23.2. The van der Waals surface area contributed by atoms with E-state index in [0.29, 0.717) is 17.9 Å². The van der Waals surface area contributed by atoms with E-state index in [9.17, 15) is 18.0 Å². The van der Waals surface area contributed by atoms with Gasteiger partial charge in [0.25, 0.3) is 5.91 Å². The van der Waals surface area contributed by atoms with Crippen molar-refractivity contribution in [2.24, 2.45) is 0 Å². The highest BCUT2D eigenvalue weighted by atomic mass is 32.2. The molecule has 0 bridgehead atoms. The van der Waals surface area contributed by atoms with E-state index in [-0.39, 0.29) is 22.8 Å². The van der Waals surface area contributed by atoms with Crippen LogP contribution in [-0.2, 0) is 19.4 Å². The van der Waals surface area contributed by atoms with Gasteiger partial charge in [0.05, 0.1) is 22.3 Å². The normalized spacial score (nSPS) is 21.5.